The third-order valence-corrected chi connectivity index (χ3v) is 3.89. The van der Waals surface area contributed by atoms with Crippen molar-refractivity contribution in [2.24, 2.45) is 0 Å². The number of pyridine rings is 3. The van der Waals surface area contributed by atoms with Crippen LogP contribution >= 0.6 is 0 Å². The van der Waals surface area contributed by atoms with Gasteiger partial charge in [0.05, 0.1) is 0 Å². The summed E-state index contributed by atoms with van der Waals surface area (Å²) in [5, 5.41) is 0. The maximum Gasteiger partial charge on any atom is 0.115 e. The summed E-state index contributed by atoms with van der Waals surface area (Å²) in [4.78, 5) is 26.9. The van der Waals surface area contributed by atoms with Crippen molar-refractivity contribution in [2.45, 2.75) is 34.6 Å². The lowest BCUT2D eigenvalue weighted by molar-refractivity contribution is 1.10. The van der Waals surface area contributed by atoms with Gasteiger partial charge in [0.2, 0.25) is 0 Å². The van der Waals surface area contributed by atoms with Gasteiger partial charge in [-0.15, -0.1) is 0 Å². The van der Waals surface area contributed by atoms with Gasteiger partial charge in [-0.1, -0.05) is 12.1 Å². The quantitative estimate of drug-likeness (QED) is 0.287. The average molecular weight is 468 g/mol. The van der Waals surface area contributed by atoms with E-state index in [1.54, 1.807) is 43.4 Å². The molecule has 0 saturated heterocycles. The van der Waals surface area contributed by atoms with Gasteiger partial charge in [-0.05, 0) is 87.7 Å². The van der Waals surface area contributed by atoms with Crippen LogP contribution in [0, 0.1) is 34.6 Å². The number of rotatable bonds is 0. The van der Waals surface area contributed by atoms with Gasteiger partial charge >= 0.3 is 0 Å². The van der Waals surface area contributed by atoms with Crippen LogP contribution in [0.4, 0.5) is 0 Å². The summed E-state index contributed by atoms with van der Waals surface area (Å²) in [5.74, 6) is 0. The minimum absolute atomic E-state index is 1.01. The van der Waals surface area contributed by atoms with E-state index in [4.69, 9.17) is 0 Å². The molecule has 0 atom stereocenters. The van der Waals surface area contributed by atoms with E-state index in [0.29, 0.717) is 0 Å². The molecule has 0 radical (unpaired) electrons. The van der Waals surface area contributed by atoms with Crippen molar-refractivity contribution in [1.29, 1.82) is 0 Å². The zero-order valence-corrected chi connectivity index (χ0v) is 21.0. The zero-order chi connectivity index (χ0) is 25.6. The lowest BCUT2D eigenvalue weighted by Crippen LogP contribution is -1.77. The van der Waals surface area contributed by atoms with E-state index in [0.717, 1.165) is 17.0 Å². The first kappa shape index (κ1) is 28.6. The van der Waals surface area contributed by atoms with Crippen LogP contribution in [0.25, 0.3) is 0 Å². The van der Waals surface area contributed by atoms with Gasteiger partial charge in [0.1, 0.15) is 12.7 Å². The Labute approximate surface area is 208 Å². The molecule has 0 aliphatic heterocycles. The van der Waals surface area contributed by atoms with E-state index in [2.05, 4.69) is 34.9 Å². The second-order valence-electron chi connectivity index (χ2n) is 7.29. The van der Waals surface area contributed by atoms with Crippen LogP contribution < -0.4 is 0 Å². The monoisotopic (exact) mass is 467 g/mol. The highest BCUT2D eigenvalue weighted by molar-refractivity contribution is 5.06. The number of hydrogen-bond acceptors (Lipinski definition) is 7. The van der Waals surface area contributed by atoms with Crippen LogP contribution in [0.5, 0.6) is 0 Å². The molecular weight excluding hydrogens is 434 g/mol. The van der Waals surface area contributed by atoms with E-state index in [-0.39, 0.29) is 0 Å². The first-order chi connectivity index (χ1) is 17.0. The molecule has 5 aromatic heterocycles. The summed E-state index contributed by atoms with van der Waals surface area (Å²) in [5.41, 5.74) is 5.65. The van der Waals surface area contributed by atoms with Crippen LogP contribution in [0.15, 0.2) is 111 Å². The predicted molar refractivity (Wildman–Crippen MR) is 140 cm³/mol. The highest BCUT2D eigenvalue weighted by Gasteiger charge is 1.76. The summed E-state index contributed by atoms with van der Waals surface area (Å²) < 4.78 is 0. The molecule has 0 N–H and O–H groups in total. The molecule has 35 heavy (non-hydrogen) atoms. The Hall–Kier alpha value is -4.39. The molecule has 5 aromatic rings. The normalized spacial score (nSPS) is 8.71. The third kappa shape index (κ3) is 17.8. The van der Waals surface area contributed by atoms with Crippen molar-refractivity contribution in [1.82, 2.24) is 34.9 Å². The van der Waals surface area contributed by atoms with Crippen molar-refractivity contribution in [3.8, 4) is 0 Å². The number of hydrogen-bond donors (Lipinski definition) is 0. The molecule has 0 unspecified atom stereocenters. The Morgan fingerprint density at radius 1 is 0.400 bits per heavy atom. The fraction of sp³-hybridized carbons (Fsp3) is 0.179. The van der Waals surface area contributed by atoms with Crippen molar-refractivity contribution < 1.29 is 0 Å². The molecular formula is C28H33N7. The van der Waals surface area contributed by atoms with Crippen LogP contribution in [0.3, 0.4) is 0 Å². The topological polar surface area (TPSA) is 90.2 Å². The molecule has 5 rings (SSSR count). The van der Waals surface area contributed by atoms with Crippen LogP contribution in [-0.4, -0.2) is 34.9 Å². The van der Waals surface area contributed by atoms with Crippen molar-refractivity contribution in [3.05, 3.63) is 139 Å². The Balaban J connectivity index is 0.000000219. The second-order valence-corrected chi connectivity index (χ2v) is 7.29. The van der Waals surface area contributed by atoms with Gasteiger partial charge in [0.25, 0.3) is 0 Å². The molecule has 0 aliphatic rings. The van der Waals surface area contributed by atoms with E-state index in [1.807, 2.05) is 89.3 Å². The molecule has 0 fully saturated rings. The highest BCUT2D eigenvalue weighted by Crippen LogP contribution is 1.89. The highest BCUT2D eigenvalue weighted by atomic mass is 14.8. The average Bonchev–Trinajstić information content (AvgIpc) is 2.88. The maximum absolute atomic E-state index is 3.98. The fourth-order valence-electron chi connectivity index (χ4n) is 2.05. The van der Waals surface area contributed by atoms with Gasteiger partial charge in [0.15, 0.2) is 0 Å². The van der Waals surface area contributed by atoms with Gasteiger partial charge in [-0.25, -0.2) is 19.9 Å². The van der Waals surface area contributed by atoms with E-state index < -0.39 is 0 Å². The lowest BCUT2D eigenvalue weighted by atomic mass is 10.3. The van der Waals surface area contributed by atoms with Crippen molar-refractivity contribution in [2.75, 3.05) is 0 Å². The molecule has 0 aromatic carbocycles. The van der Waals surface area contributed by atoms with E-state index >= 15 is 0 Å². The maximum atomic E-state index is 3.98. The number of nitrogens with zero attached hydrogens (tertiary/aromatic N) is 7. The molecule has 0 bridgehead atoms. The minimum Gasteiger partial charge on any atom is -0.265 e. The fourth-order valence-corrected chi connectivity index (χ4v) is 2.05. The molecule has 0 amide bonds. The molecule has 0 spiro atoms. The third-order valence-electron chi connectivity index (χ3n) is 3.89. The zero-order valence-electron chi connectivity index (χ0n) is 21.0. The summed E-state index contributed by atoms with van der Waals surface area (Å²) in [7, 11) is 0. The summed E-state index contributed by atoms with van der Waals surface area (Å²) in [6, 6.07) is 15.6. The Kier molecular flexibility index (Phi) is 15.6. The predicted octanol–water partition coefficient (Wildman–Crippen LogP) is 5.74. The Morgan fingerprint density at radius 3 is 1.34 bits per heavy atom. The van der Waals surface area contributed by atoms with Crippen LogP contribution in [-0.2, 0) is 0 Å². The van der Waals surface area contributed by atoms with Gasteiger partial charge in [0, 0.05) is 61.0 Å². The van der Waals surface area contributed by atoms with Crippen molar-refractivity contribution >= 4 is 0 Å². The first-order valence-corrected chi connectivity index (χ1v) is 11.0. The van der Waals surface area contributed by atoms with Crippen LogP contribution in [0.2, 0.25) is 0 Å². The molecule has 0 saturated carbocycles. The standard InChI is InChI=1S/3C6H7N.2C5H6N2/c1-6-2-4-7-5-3-6;1-6-3-2-4-7-5-6;1-6-4-2-3-5-7-6;1-5-2-6-4-7-3-5;1-5-2-3-6-4-7-5/h3*2-5H,1H3;2*2-4H,1H3. The Morgan fingerprint density at radius 2 is 1.06 bits per heavy atom. The molecule has 7 nitrogen and oxygen atoms in total. The smallest absolute Gasteiger partial charge is 0.115 e. The van der Waals surface area contributed by atoms with E-state index in [1.165, 1.54) is 23.8 Å². The second kappa shape index (κ2) is 19.1. The largest absolute Gasteiger partial charge is 0.265 e. The summed E-state index contributed by atoms with van der Waals surface area (Å²) >= 11 is 0. The van der Waals surface area contributed by atoms with Gasteiger partial charge < -0.3 is 0 Å². The summed E-state index contributed by atoms with van der Waals surface area (Å²) in [6.07, 6.45) is 17.3. The SMILES string of the molecule is Cc1ccccn1.Cc1cccnc1.Cc1ccncc1.Cc1ccncn1.Cc1cncnc1. The van der Waals surface area contributed by atoms with Gasteiger partial charge in [-0.3, -0.25) is 15.0 Å². The van der Waals surface area contributed by atoms with E-state index in [9.17, 15) is 0 Å². The van der Waals surface area contributed by atoms with Crippen LogP contribution in [0.1, 0.15) is 28.1 Å². The number of aromatic nitrogens is 7. The molecule has 180 valence electrons. The lowest BCUT2D eigenvalue weighted by Gasteiger charge is -1.82. The first-order valence-electron chi connectivity index (χ1n) is 11.0. The van der Waals surface area contributed by atoms with Crippen molar-refractivity contribution in [3.63, 3.8) is 0 Å². The molecule has 7 heteroatoms. The van der Waals surface area contributed by atoms with Gasteiger partial charge in [-0.2, -0.15) is 0 Å². The molecule has 5 heterocycles. The minimum atomic E-state index is 1.01. The Bertz CT molecular complexity index is 893. The number of aryl methyl sites for hydroxylation is 5. The summed E-state index contributed by atoms with van der Waals surface area (Å²) in [6.45, 7) is 9.93. The molecule has 0 aliphatic carbocycles.